The molecule has 14 heteroatoms. The van der Waals surface area contributed by atoms with E-state index in [0.717, 1.165) is 0 Å². The normalized spacial score (nSPS) is 11.8. The molecule has 0 spiro atoms. The standard InChI is InChI=1S/C9H16N12O2/c10-18-14-4-8(16-20-12)6-22-2-1-3-23-7-9(17-21-13)5-15-19-11/h8-9H,1-7H2. The van der Waals surface area contributed by atoms with Crippen molar-refractivity contribution in [2.24, 2.45) is 20.5 Å². The molecule has 0 saturated heterocycles. The van der Waals surface area contributed by atoms with E-state index in [4.69, 9.17) is 31.6 Å². The number of nitrogens with zero attached hydrogens (tertiary/aromatic N) is 12. The minimum Gasteiger partial charge on any atom is -0.381 e. The van der Waals surface area contributed by atoms with Gasteiger partial charge in [-0.05, 0) is 28.5 Å². The Hall–Kier alpha value is -2.84. The van der Waals surface area contributed by atoms with Crippen molar-refractivity contribution < 1.29 is 9.47 Å². The molecule has 0 fully saturated rings. The summed E-state index contributed by atoms with van der Waals surface area (Å²) >= 11 is 0. The van der Waals surface area contributed by atoms with E-state index in [2.05, 4.69) is 40.1 Å². The van der Waals surface area contributed by atoms with Gasteiger partial charge >= 0.3 is 0 Å². The van der Waals surface area contributed by atoms with Crippen LogP contribution in [0.15, 0.2) is 20.5 Å². The zero-order valence-electron chi connectivity index (χ0n) is 12.3. The van der Waals surface area contributed by atoms with Gasteiger partial charge in [-0.25, -0.2) is 0 Å². The number of azide groups is 4. The highest BCUT2D eigenvalue weighted by molar-refractivity contribution is 4.70. The summed E-state index contributed by atoms with van der Waals surface area (Å²) < 4.78 is 10.6. The molecule has 0 aliphatic rings. The molecule has 0 bridgehead atoms. The predicted octanol–water partition coefficient (Wildman–Crippen LogP) is 3.39. The quantitative estimate of drug-likeness (QED) is 0.203. The van der Waals surface area contributed by atoms with Crippen molar-refractivity contribution in [3.8, 4) is 0 Å². The molecule has 0 aromatic heterocycles. The largest absolute Gasteiger partial charge is 0.381 e. The Labute approximate surface area is 130 Å². The Morgan fingerprint density at radius 3 is 1.48 bits per heavy atom. The summed E-state index contributed by atoms with van der Waals surface area (Å²) in [5.74, 6) is 0. The first-order chi connectivity index (χ1) is 11.3. The molecule has 14 nitrogen and oxygen atoms in total. The van der Waals surface area contributed by atoms with Gasteiger partial charge in [-0.3, -0.25) is 0 Å². The highest BCUT2D eigenvalue weighted by atomic mass is 16.5. The SMILES string of the molecule is [N-]=[N+]=NCC(COCCCOCC(CN=[N+]=[N-])N=[N+]=[N-])N=[N+]=[N-]. The third kappa shape index (κ3) is 12.6. The maximum atomic E-state index is 8.35. The second-order valence-electron chi connectivity index (χ2n) is 4.05. The van der Waals surface area contributed by atoms with Crippen LogP contribution in [0.1, 0.15) is 6.42 Å². The molecule has 23 heavy (non-hydrogen) atoms. The molecule has 2 unspecified atom stereocenters. The highest BCUT2D eigenvalue weighted by Gasteiger charge is 2.06. The first kappa shape index (κ1) is 20.2. The molecule has 0 heterocycles. The third-order valence-corrected chi connectivity index (χ3v) is 2.34. The highest BCUT2D eigenvalue weighted by Crippen LogP contribution is 1.98. The van der Waals surface area contributed by atoms with Crippen LogP contribution in [-0.2, 0) is 9.47 Å². The van der Waals surface area contributed by atoms with E-state index < -0.39 is 12.1 Å². The predicted molar refractivity (Wildman–Crippen MR) is 80.1 cm³/mol. The van der Waals surface area contributed by atoms with E-state index >= 15 is 0 Å². The molecular weight excluding hydrogens is 308 g/mol. The average Bonchev–Trinajstić information content (AvgIpc) is 2.56. The van der Waals surface area contributed by atoms with Crippen molar-refractivity contribution in [2.75, 3.05) is 39.5 Å². The lowest BCUT2D eigenvalue weighted by Crippen LogP contribution is -2.18. The maximum absolute atomic E-state index is 8.35. The summed E-state index contributed by atoms with van der Waals surface area (Å²) in [5, 5.41) is 13.5. The van der Waals surface area contributed by atoms with Gasteiger partial charge in [-0.1, -0.05) is 20.5 Å². The molecular formula is C9H16N12O2. The van der Waals surface area contributed by atoms with Gasteiger partial charge in [0.2, 0.25) is 0 Å². The average molecular weight is 324 g/mol. The fourth-order valence-electron chi connectivity index (χ4n) is 1.35. The third-order valence-electron chi connectivity index (χ3n) is 2.34. The Morgan fingerprint density at radius 1 is 0.696 bits per heavy atom. The summed E-state index contributed by atoms with van der Waals surface area (Å²) in [6.45, 7) is 1.06. The van der Waals surface area contributed by atoms with Crippen molar-refractivity contribution >= 4 is 0 Å². The number of hydrogen-bond donors (Lipinski definition) is 0. The lowest BCUT2D eigenvalue weighted by Gasteiger charge is -2.10. The van der Waals surface area contributed by atoms with E-state index in [9.17, 15) is 0 Å². The van der Waals surface area contributed by atoms with E-state index in [1.165, 1.54) is 0 Å². The lowest BCUT2D eigenvalue weighted by atomic mass is 10.3. The molecule has 0 amide bonds. The second-order valence-corrected chi connectivity index (χ2v) is 4.05. The van der Waals surface area contributed by atoms with E-state index in [1.54, 1.807) is 0 Å². The van der Waals surface area contributed by atoms with Crippen molar-refractivity contribution in [1.29, 1.82) is 0 Å². The zero-order chi connectivity index (χ0) is 17.2. The Balaban J connectivity index is 3.81. The Morgan fingerprint density at radius 2 is 1.13 bits per heavy atom. The summed E-state index contributed by atoms with van der Waals surface area (Å²) in [7, 11) is 0. The minimum atomic E-state index is -0.546. The van der Waals surface area contributed by atoms with E-state index in [1.807, 2.05) is 0 Å². The van der Waals surface area contributed by atoms with Crippen LogP contribution in [0.3, 0.4) is 0 Å². The number of hydrogen-bond acceptors (Lipinski definition) is 6. The van der Waals surface area contributed by atoms with Crippen LogP contribution in [0.25, 0.3) is 41.8 Å². The van der Waals surface area contributed by atoms with Gasteiger partial charge < -0.3 is 9.47 Å². The maximum Gasteiger partial charge on any atom is 0.0663 e. The van der Waals surface area contributed by atoms with Crippen molar-refractivity contribution in [2.45, 2.75) is 18.5 Å². The van der Waals surface area contributed by atoms with Crippen LogP contribution in [0.5, 0.6) is 0 Å². The van der Waals surface area contributed by atoms with Gasteiger partial charge in [0.25, 0.3) is 0 Å². The van der Waals surface area contributed by atoms with Crippen molar-refractivity contribution in [1.82, 2.24) is 0 Å². The fourth-order valence-corrected chi connectivity index (χ4v) is 1.35. The zero-order valence-corrected chi connectivity index (χ0v) is 12.3. The Kier molecular flexibility index (Phi) is 13.6. The number of rotatable bonds is 14. The smallest absolute Gasteiger partial charge is 0.0663 e. The first-order valence-corrected chi connectivity index (χ1v) is 6.54. The molecule has 0 radical (unpaired) electrons. The Bertz CT molecular complexity index is 467. The van der Waals surface area contributed by atoms with Crippen molar-refractivity contribution in [3.05, 3.63) is 41.8 Å². The molecule has 124 valence electrons. The van der Waals surface area contributed by atoms with Gasteiger partial charge in [0, 0.05) is 46.0 Å². The van der Waals surface area contributed by atoms with Gasteiger partial charge in [0.15, 0.2) is 0 Å². The molecule has 0 N–H and O–H groups in total. The van der Waals surface area contributed by atoms with Crippen LogP contribution >= 0.6 is 0 Å². The van der Waals surface area contributed by atoms with Crippen LogP contribution in [0, 0.1) is 0 Å². The monoisotopic (exact) mass is 324 g/mol. The van der Waals surface area contributed by atoms with E-state index in [0.29, 0.717) is 19.6 Å². The van der Waals surface area contributed by atoms with Gasteiger partial charge in [-0.15, -0.1) is 0 Å². The van der Waals surface area contributed by atoms with E-state index in [-0.39, 0.29) is 26.3 Å². The molecule has 0 aliphatic heterocycles. The van der Waals surface area contributed by atoms with Crippen LogP contribution < -0.4 is 0 Å². The molecule has 2 atom stereocenters. The van der Waals surface area contributed by atoms with Gasteiger partial charge in [0.1, 0.15) is 0 Å². The summed E-state index contributed by atoms with van der Waals surface area (Å²) in [6, 6.07) is -1.09. The van der Waals surface area contributed by atoms with Gasteiger partial charge in [0.05, 0.1) is 25.3 Å². The summed E-state index contributed by atoms with van der Waals surface area (Å²) in [5.41, 5.74) is 33.1. The molecule has 0 aromatic carbocycles. The molecule has 0 aliphatic carbocycles. The summed E-state index contributed by atoms with van der Waals surface area (Å²) in [4.78, 5) is 10.4. The molecule has 0 rings (SSSR count). The lowest BCUT2D eigenvalue weighted by molar-refractivity contribution is 0.0735. The van der Waals surface area contributed by atoms with Gasteiger partial charge in [-0.2, -0.15) is 0 Å². The second kappa shape index (κ2) is 15.5. The van der Waals surface area contributed by atoms with Crippen LogP contribution in [-0.4, -0.2) is 51.6 Å². The molecule has 0 saturated carbocycles. The minimum absolute atomic E-state index is 0.0321. The first-order valence-electron chi connectivity index (χ1n) is 6.54. The van der Waals surface area contributed by atoms with Crippen LogP contribution in [0.4, 0.5) is 0 Å². The fraction of sp³-hybridized carbons (Fsp3) is 1.00. The molecule has 0 aromatic rings. The summed E-state index contributed by atoms with van der Waals surface area (Å²) in [6.07, 6.45) is 0.564. The topological polar surface area (TPSA) is 214 Å². The van der Waals surface area contributed by atoms with Crippen LogP contribution in [0.2, 0.25) is 0 Å². The number of ether oxygens (including phenoxy) is 2. The van der Waals surface area contributed by atoms with Crippen molar-refractivity contribution in [3.63, 3.8) is 0 Å².